The van der Waals surface area contributed by atoms with E-state index in [9.17, 15) is 0 Å². The molecule has 0 saturated heterocycles. The second-order valence-electron chi connectivity index (χ2n) is 3.13. The molecule has 0 aliphatic rings. The minimum Gasteiger partial charge on any atom is -0.395 e. The lowest BCUT2D eigenvalue weighted by molar-refractivity contribution is 0.265. The Bertz CT molecular complexity index is 298. The Morgan fingerprint density at radius 2 is 2.31 bits per heavy atom. The van der Waals surface area contributed by atoms with Crippen molar-refractivity contribution in [1.29, 1.82) is 0 Å². The van der Waals surface area contributed by atoms with Crippen LogP contribution in [0.1, 0.15) is 11.3 Å². The second-order valence-corrected chi connectivity index (χ2v) is 3.48. The van der Waals surface area contributed by atoms with Gasteiger partial charge in [-0.05, 0) is 13.3 Å². The summed E-state index contributed by atoms with van der Waals surface area (Å²) in [6.45, 7) is 1.84. The first-order valence-electron chi connectivity index (χ1n) is 4.10. The predicted molar refractivity (Wildman–Crippen MR) is 51.7 cm³/mol. The summed E-state index contributed by atoms with van der Waals surface area (Å²) in [6, 6.07) is -0.264. The van der Waals surface area contributed by atoms with Gasteiger partial charge < -0.3 is 10.8 Å². The third-order valence-electron chi connectivity index (χ3n) is 1.97. The van der Waals surface area contributed by atoms with Crippen molar-refractivity contribution in [2.45, 2.75) is 19.4 Å². The van der Waals surface area contributed by atoms with Crippen LogP contribution >= 0.6 is 11.6 Å². The summed E-state index contributed by atoms with van der Waals surface area (Å²) in [5.74, 6) is 0. The molecule has 1 aromatic heterocycles. The third-order valence-corrected chi connectivity index (χ3v) is 2.44. The molecule has 13 heavy (non-hydrogen) atoms. The van der Waals surface area contributed by atoms with E-state index in [4.69, 9.17) is 22.4 Å². The van der Waals surface area contributed by atoms with Crippen LogP contribution in [0.2, 0.25) is 5.15 Å². The van der Waals surface area contributed by atoms with E-state index in [0.29, 0.717) is 11.6 Å². The number of nitrogens with zero attached hydrogens (tertiary/aromatic N) is 2. The van der Waals surface area contributed by atoms with Crippen LogP contribution in [-0.2, 0) is 13.5 Å². The molecule has 0 aliphatic heterocycles. The van der Waals surface area contributed by atoms with Crippen LogP contribution in [0.25, 0.3) is 0 Å². The second kappa shape index (κ2) is 4.09. The van der Waals surface area contributed by atoms with E-state index >= 15 is 0 Å². The van der Waals surface area contributed by atoms with E-state index in [0.717, 1.165) is 11.3 Å². The highest BCUT2D eigenvalue weighted by molar-refractivity contribution is 6.30. The Morgan fingerprint density at radius 3 is 2.69 bits per heavy atom. The monoisotopic (exact) mass is 203 g/mol. The summed E-state index contributed by atoms with van der Waals surface area (Å²) in [6.07, 6.45) is 0.564. The van der Waals surface area contributed by atoms with Gasteiger partial charge >= 0.3 is 0 Å². The van der Waals surface area contributed by atoms with Crippen molar-refractivity contribution in [2.24, 2.45) is 12.8 Å². The van der Waals surface area contributed by atoms with Gasteiger partial charge in [0.2, 0.25) is 0 Å². The number of hydrogen-bond donors (Lipinski definition) is 2. The number of halogens is 1. The van der Waals surface area contributed by atoms with Gasteiger partial charge in [0.25, 0.3) is 0 Å². The fraction of sp³-hybridized carbons (Fsp3) is 0.625. The van der Waals surface area contributed by atoms with E-state index in [1.54, 1.807) is 11.7 Å². The summed E-state index contributed by atoms with van der Waals surface area (Å²) in [4.78, 5) is 0. The fourth-order valence-corrected chi connectivity index (χ4v) is 1.48. The smallest absolute Gasteiger partial charge is 0.130 e. The standard InChI is InChI=1S/C8H14ClN3O/c1-5-7(3-6(10)4-13)8(9)12(2)11-5/h6,13H,3-4,10H2,1-2H3. The predicted octanol–water partition coefficient (Wildman–Crippen LogP) is 0.244. The van der Waals surface area contributed by atoms with Crippen molar-refractivity contribution in [1.82, 2.24) is 9.78 Å². The summed E-state index contributed by atoms with van der Waals surface area (Å²) in [5.41, 5.74) is 7.40. The van der Waals surface area contributed by atoms with Gasteiger partial charge in [0.1, 0.15) is 5.15 Å². The van der Waals surface area contributed by atoms with Gasteiger partial charge in [-0.25, -0.2) is 0 Å². The lowest BCUT2D eigenvalue weighted by Crippen LogP contribution is -2.27. The van der Waals surface area contributed by atoms with Crippen molar-refractivity contribution in [3.05, 3.63) is 16.4 Å². The quantitative estimate of drug-likeness (QED) is 0.740. The molecule has 0 spiro atoms. The third kappa shape index (κ3) is 2.21. The molecule has 1 aromatic rings. The van der Waals surface area contributed by atoms with Gasteiger partial charge in [-0.2, -0.15) is 5.10 Å². The average molecular weight is 204 g/mol. The van der Waals surface area contributed by atoms with Crippen LogP contribution in [0.4, 0.5) is 0 Å². The van der Waals surface area contributed by atoms with Crippen LogP contribution in [-0.4, -0.2) is 27.5 Å². The van der Waals surface area contributed by atoms with Crippen molar-refractivity contribution in [3.63, 3.8) is 0 Å². The van der Waals surface area contributed by atoms with Crippen molar-refractivity contribution >= 4 is 11.6 Å². The zero-order valence-corrected chi connectivity index (χ0v) is 8.54. The molecular weight excluding hydrogens is 190 g/mol. The van der Waals surface area contributed by atoms with Gasteiger partial charge in [0, 0.05) is 18.7 Å². The Kier molecular flexibility index (Phi) is 3.30. The van der Waals surface area contributed by atoms with Gasteiger partial charge in [-0.1, -0.05) is 11.6 Å². The molecule has 4 nitrogen and oxygen atoms in total. The SMILES string of the molecule is Cc1nn(C)c(Cl)c1CC(N)CO. The lowest BCUT2D eigenvalue weighted by atomic mass is 10.1. The molecule has 0 saturated carbocycles. The highest BCUT2D eigenvalue weighted by atomic mass is 35.5. The van der Waals surface area contributed by atoms with Crippen LogP contribution in [0.15, 0.2) is 0 Å². The molecule has 0 amide bonds. The summed E-state index contributed by atoms with van der Waals surface area (Å²) in [5, 5.41) is 13.5. The van der Waals surface area contributed by atoms with E-state index in [1.165, 1.54) is 0 Å². The minimum absolute atomic E-state index is 0.0370. The molecular formula is C8H14ClN3O. The highest BCUT2D eigenvalue weighted by Crippen LogP contribution is 2.19. The lowest BCUT2D eigenvalue weighted by Gasteiger charge is -2.06. The number of rotatable bonds is 3. The molecule has 0 fully saturated rings. The molecule has 0 radical (unpaired) electrons. The van der Waals surface area contributed by atoms with Gasteiger partial charge in [-0.3, -0.25) is 4.68 Å². The number of hydrogen-bond acceptors (Lipinski definition) is 3. The summed E-state index contributed by atoms with van der Waals surface area (Å²) >= 11 is 5.98. The number of aliphatic hydroxyl groups excluding tert-OH is 1. The van der Waals surface area contributed by atoms with Crippen LogP contribution < -0.4 is 5.73 Å². The largest absolute Gasteiger partial charge is 0.395 e. The van der Waals surface area contributed by atoms with E-state index < -0.39 is 0 Å². The first kappa shape index (κ1) is 10.5. The maximum atomic E-state index is 8.79. The normalized spacial score (nSPS) is 13.3. The Morgan fingerprint density at radius 1 is 1.69 bits per heavy atom. The fourth-order valence-electron chi connectivity index (χ4n) is 1.23. The zero-order valence-electron chi connectivity index (χ0n) is 7.79. The number of nitrogens with two attached hydrogens (primary N) is 1. The Labute approximate surface area is 82.3 Å². The first-order valence-corrected chi connectivity index (χ1v) is 4.48. The average Bonchev–Trinajstić information content (AvgIpc) is 2.32. The molecule has 1 atom stereocenters. The maximum absolute atomic E-state index is 8.79. The highest BCUT2D eigenvalue weighted by Gasteiger charge is 2.13. The van der Waals surface area contributed by atoms with Gasteiger partial charge in [0.15, 0.2) is 0 Å². The topological polar surface area (TPSA) is 64.1 Å². The number of aliphatic hydroxyl groups is 1. The maximum Gasteiger partial charge on any atom is 0.130 e. The van der Waals surface area contributed by atoms with Gasteiger partial charge in [0.05, 0.1) is 12.3 Å². The van der Waals surface area contributed by atoms with Crippen LogP contribution in [0.5, 0.6) is 0 Å². The Balaban J connectivity index is 2.87. The molecule has 3 N–H and O–H groups in total. The molecule has 1 rings (SSSR count). The van der Waals surface area contributed by atoms with Crippen LogP contribution in [0.3, 0.4) is 0 Å². The molecule has 0 bridgehead atoms. The number of aromatic nitrogens is 2. The van der Waals surface area contributed by atoms with Gasteiger partial charge in [-0.15, -0.1) is 0 Å². The molecule has 1 unspecified atom stereocenters. The number of aryl methyl sites for hydroxylation is 2. The summed E-state index contributed by atoms with van der Waals surface area (Å²) < 4.78 is 1.61. The summed E-state index contributed by atoms with van der Waals surface area (Å²) in [7, 11) is 1.78. The van der Waals surface area contributed by atoms with Crippen LogP contribution in [0, 0.1) is 6.92 Å². The minimum atomic E-state index is -0.264. The molecule has 1 heterocycles. The van der Waals surface area contributed by atoms with E-state index in [1.807, 2.05) is 6.92 Å². The Hall–Kier alpha value is -0.580. The van der Waals surface area contributed by atoms with E-state index in [-0.39, 0.29) is 12.6 Å². The molecule has 74 valence electrons. The molecule has 0 aliphatic carbocycles. The van der Waals surface area contributed by atoms with E-state index in [2.05, 4.69) is 5.10 Å². The zero-order chi connectivity index (χ0) is 10.0. The molecule has 5 heteroatoms. The molecule has 0 aromatic carbocycles. The van der Waals surface area contributed by atoms with Crippen molar-refractivity contribution in [2.75, 3.05) is 6.61 Å². The first-order chi connectivity index (χ1) is 6.06. The van der Waals surface area contributed by atoms with Crippen molar-refractivity contribution in [3.8, 4) is 0 Å². The van der Waals surface area contributed by atoms with Crippen molar-refractivity contribution < 1.29 is 5.11 Å².